The van der Waals surface area contributed by atoms with Crippen molar-refractivity contribution in [1.29, 1.82) is 0 Å². The van der Waals surface area contributed by atoms with Crippen molar-refractivity contribution in [1.82, 2.24) is 14.7 Å². The van der Waals surface area contributed by atoms with Crippen LogP contribution in [0.1, 0.15) is 58.2 Å². The minimum atomic E-state index is -2.77. The van der Waals surface area contributed by atoms with Crippen LogP contribution in [0.3, 0.4) is 0 Å². The highest BCUT2D eigenvalue weighted by molar-refractivity contribution is 6.27. The van der Waals surface area contributed by atoms with Gasteiger partial charge in [-0.1, -0.05) is 12.1 Å². The van der Waals surface area contributed by atoms with Gasteiger partial charge in [0.05, 0.1) is 51.9 Å². The Hall–Kier alpha value is -14.8. The van der Waals surface area contributed by atoms with Gasteiger partial charge in [-0.05, 0) is 194 Å². The maximum absolute atomic E-state index is 14.1. The summed E-state index contributed by atoms with van der Waals surface area (Å²) in [6.07, 6.45) is 0.303. The molecule has 0 unspecified atom stereocenters. The van der Waals surface area contributed by atoms with Crippen molar-refractivity contribution in [2.45, 2.75) is 80.0 Å². The minimum Gasteiger partial charge on any atom is -0.508 e. The number of benzene rings is 6. The molecule has 0 bridgehead atoms. The summed E-state index contributed by atoms with van der Waals surface area (Å²) in [5, 5.41) is 151. The number of nitrogens with two attached hydrogens (primary N) is 3. The normalized spacial score (nSPS) is 24.6. The number of aliphatic hydroxyl groups excluding tert-OH is 6. The lowest BCUT2D eigenvalue weighted by Gasteiger charge is -2.50. The Morgan fingerprint density at radius 2 is 0.761 bits per heavy atom. The molecule has 0 radical (unpaired) electrons. The number of hydrogen-bond acceptors (Lipinski definition) is 33. The van der Waals surface area contributed by atoms with E-state index in [4.69, 9.17) is 26.7 Å². The summed E-state index contributed by atoms with van der Waals surface area (Å²) in [5.41, 5.74) is 9.80. The summed E-state index contributed by atoms with van der Waals surface area (Å²) in [5.74, 6) is -21.5. The number of phenolic OH excluding ortho intramolecular Hbond substituents is 3. The number of primary amides is 3. The summed E-state index contributed by atoms with van der Waals surface area (Å²) in [6.45, 7) is 0.418. The molecular formula is C93H104FN15O25. The first-order valence-corrected chi connectivity index (χ1v) is 42.3. The molecule has 0 saturated heterocycles. The van der Waals surface area contributed by atoms with Crippen molar-refractivity contribution in [3.05, 3.63) is 180 Å². The molecule has 41 heteroatoms. The fourth-order valence-electron chi connectivity index (χ4n) is 20.6. The molecule has 16 rings (SSSR count). The standard InChI is InChI=1S/C32H38N6O8.C31H34N4O9.C30H32FN5O8/c1-36(2)16-9-7-15(8-10-16)34-31(45)35-19-13-20(37(3)4)17-11-14-12-18-24(38(5)6)27(41)23(30(33)44)29(43)32(18,46)28(42)21(14)26(40)22(17)25(19)39;1-34(2)18-10-17(33-11-13-5-6-19-20(7-13)44-12-43-19)25(36)22-15(18)8-14-9-16-24(35(3)4)27(38)23(30(32)41)29(40)31(16,42)28(39)21(14)26(22)37;1-35(2)18-11-17(34-29(43)33-14-7-5-6-13(31)10-14)23(37)20-15(18)8-12-9-16-22(36(3)4)25(39)21(28(32)42)27(41)30(16,44)26(40)19(12)24(20)38/h7-10,13-14,18,24,39-40,43,46H,11-12H2,1-6H3,(H2,33,44)(H2,34,35,45);5-7,10,14,16,24,33,36-37,40,42H,8-9,11-12H2,1-4H3,(H2,32,41);5-7,10-12,16,22,37-38,41,44H,8-9H2,1-4H3,(H2,32,42)(H2,33,34,43)/t14-,18-,24+,32-;14-,16-,24+,31-;12-,16-,22+,30-/m000/s1. The number of carbonyl (C=O) groups excluding carboxylic acids is 11. The molecule has 10 aliphatic rings. The zero-order valence-electron chi connectivity index (χ0n) is 75.4. The predicted molar refractivity (Wildman–Crippen MR) is 488 cm³/mol. The van der Waals surface area contributed by atoms with Crippen LogP contribution < -0.4 is 72.9 Å². The SMILES string of the molecule is CN(C)c1cc(NC(=O)Nc2cccc(F)c2)c(O)c2c1C[C@H]1C[C@H]3[C@@H](N(C)C)C(=O)C(C(N)=O)=C(O)[C@@]3(O)C(=O)C1=C2O.CN(C)c1cc(NCc2ccc3c(c2)OCO3)c(O)c2c1C[C@H]1C[C@H]3[C@@H](N(C)C)C(=O)C(C(N)=O)=C(O)[C@@]3(O)C(=O)C1=C2O.CN(C)c1ccc(NC(=O)Nc2cc(N(C)C)c3c(c2O)C(O)=C2C(=O)[C@]4(O)C(O)=C(C(N)=O)C(=O)[C@H](N(C)C)[C@@H]4C[C@@H]2C3)cc1. The molecule has 3 saturated carbocycles. The summed E-state index contributed by atoms with van der Waals surface area (Å²) in [4.78, 5) is 156. The number of Topliss-reactive ketones (excluding diaryl/α,β-unsaturated/α-hetero) is 6. The summed E-state index contributed by atoms with van der Waals surface area (Å²) in [7, 11) is 23.5. The zero-order valence-corrected chi connectivity index (χ0v) is 75.4. The fraction of sp³-hybridized carbons (Fsp3) is 0.366. The largest absolute Gasteiger partial charge is 0.508 e. The molecule has 40 nitrogen and oxygen atoms in total. The number of aromatic hydroxyl groups is 3. The number of fused-ring (bicyclic) bond motifs is 10. The molecule has 6 aromatic carbocycles. The molecule has 6 aromatic rings. The van der Waals surface area contributed by atoms with Crippen molar-refractivity contribution in [3.8, 4) is 28.7 Å². The molecule has 0 aromatic heterocycles. The predicted octanol–water partition coefficient (Wildman–Crippen LogP) is 4.92. The van der Waals surface area contributed by atoms with E-state index in [0.29, 0.717) is 50.9 Å². The van der Waals surface area contributed by atoms with Gasteiger partial charge in [0.25, 0.3) is 17.7 Å². The number of nitrogens with zero attached hydrogens (tertiary/aromatic N) is 7. The van der Waals surface area contributed by atoms with Gasteiger partial charge in [-0.2, -0.15) is 0 Å². The van der Waals surface area contributed by atoms with Gasteiger partial charge in [0, 0.05) is 132 Å². The number of carbonyl (C=O) groups is 11. The highest BCUT2D eigenvalue weighted by Gasteiger charge is 2.68. The number of halogens is 1. The number of phenols is 3. The van der Waals surface area contributed by atoms with E-state index in [1.165, 1.54) is 53.1 Å². The Kier molecular flexibility index (Phi) is 24.9. The number of rotatable bonds is 17. The van der Waals surface area contributed by atoms with E-state index < -0.39 is 204 Å². The smallest absolute Gasteiger partial charge is 0.323 e. The Balaban J connectivity index is 0.000000161. The number of nitrogens with one attached hydrogen (secondary N) is 5. The van der Waals surface area contributed by atoms with E-state index in [9.17, 15) is 118 Å². The molecule has 708 valence electrons. The average Bonchev–Trinajstić information content (AvgIpc) is 0.718. The Labute approximate surface area is 765 Å². The zero-order chi connectivity index (χ0) is 98.2. The van der Waals surface area contributed by atoms with E-state index in [1.807, 2.05) is 62.3 Å². The molecule has 7 amide bonds. The number of amides is 7. The third kappa shape index (κ3) is 15.5. The Bertz CT molecular complexity index is 6310. The molecule has 1 heterocycles. The number of anilines is 9. The van der Waals surface area contributed by atoms with Crippen LogP contribution in [0.4, 0.5) is 65.2 Å². The van der Waals surface area contributed by atoms with Crippen LogP contribution >= 0.6 is 0 Å². The van der Waals surface area contributed by atoms with Crippen LogP contribution in [0.25, 0.3) is 17.3 Å². The number of ketones is 6. The lowest BCUT2D eigenvalue weighted by atomic mass is 9.57. The monoisotopic (exact) mass is 1850 g/mol. The highest BCUT2D eigenvalue weighted by atomic mass is 19.1. The first-order chi connectivity index (χ1) is 62.9. The molecule has 9 aliphatic carbocycles. The van der Waals surface area contributed by atoms with Crippen molar-refractivity contribution in [3.63, 3.8) is 0 Å². The van der Waals surface area contributed by atoms with Gasteiger partial charge in [-0.25, -0.2) is 14.0 Å². The van der Waals surface area contributed by atoms with Gasteiger partial charge in [0.2, 0.25) is 24.1 Å². The molecule has 134 heavy (non-hydrogen) atoms. The lowest BCUT2D eigenvalue weighted by molar-refractivity contribution is -0.155. The number of hydrogen-bond donors (Lipinski definition) is 20. The van der Waals surface area contributed by atoms with Crippen LogP contribution in [-0.2, 0) is 69.0 Å². The number of aliphatic hydroxyl groups is 9. The van der Waals surface area contributed by atoms with Crippen LogP contribution in [0.2, 0.25) is 0 Å². The van der Waals surface area contributed by atoms with Gasteiger partial charge in [0.15, 0.2) is 57.2 Å². The second kappa shape index (κ2) is 35.1. The van der Waals surface area contributed by atoms with Gasteiger partial charge in [-0.15, -0.1) is 0 Å². The fourth-order valence-corrected chi connectivity index (χ4v) is 20.6. The Morgan fingerprint density at radius 1 is 0.418 bits per heavy atom. The van der Waals surface area contributed by atoms with Crippen LogP contribution in [-0.4, -0.2) is 281 Å². The van der Waals surface area contributed by atoms with Crippen molar-refractivity contribution < 1.29 is 128 Å². The van der Waals surface area contributed by atoms with Gasteiger partial charge in [0.1, 0.15) is 62.8 Å². The Morgan fingerprint density at radius 3 is 1.10 bits per heavy atom. The van der Waals surface area contributed by atoms with E-state index in [2.05, 4.69) is 26.6 Å². The second-order valence-electron chi connectivity index (χ2n) is 36.2. The van der Waals surface area contributed by atoms with Gasteiger partial charge in [-0.3, -0.25) is 57.9 Å². The molecule has 1 aliphatic heterocycles. The summed E-state index contributed by atoms with van der Waals surface area (Å²) >= 11 is 0. The number of urea groups is 2. The van der Waals surface area contributed by atoms with Crippen LogP contribution in [0.5, 0.6) is 28.7 Å². The van der Waals surface area contributed by atoms with Gasteiger partial charge < -0.3 is 134 Å². The van der Waals surface area contributed by atoms with Crippen molar-refractivity contribution in [2.24, 2.45) is 52.7 Å². The summed E-state index contributed by atoms with van der Waals surface area (Å²) in [6, 6.07) is 17.4. The van der Waals surface area contributed by atoms with Crippen molar-refractivity contribution in [2.75, 3.05) is 152 Å². The molecule has 0 spiro atoms. The van der Waals surface area contributed by atoms with Crippen molar-refractivity contribution >= 4 is 133 Å². The maximum Gasteiger partial charge on any atom is 0.323 e. The van der Waals surface area contributed by atoms with Gasteiger partial charge >= 0.3 is 12.1 Å². The number of likely N-dealkylation sites (N-methyl/N-ethyl adjacent to an activating group) is 3. The molecule has 3 fully saturated rings. The third-order valence-electron chi connectivity index (χ3n) is 26.7. The maximum atomic E-state index is 14.1. The third-order valence-corrected chi connectivity index (χ3v) is 26.7. The summed E-state index contributed by atoms with van der Waals surface area (Å²) < 4.78 is 24.4. The first-order valence-electron chi connectivity index (χ1n) is 42.3. The van der Waals surface area contributed by atoms with Crippen LogP contribution in [0.15, 0.2) is 136 Å². The highest BCUT2D eigenvalue weighted by Crippen LogP contribution is 2.60. The van der Waals surface area contributed by atoms with E-state index in [1.54, 1.807) is 96.5 Å². The first kappa shape index (κ1) is 95.3. The average molecular weight is 1850 g/mol. The van der Waals surface area contributed by atoms with Crippen LogP contribution in [0, 0.1) is 41.3 Å². The minimum absolute atomic E-state index is 0.0145. The molecule has 23 N–H and O–H groups in total. The molecule has 12 atom stereocenters. The molecular weight excluding hydrogens is 1750 g/mol. The quantitative estimate of drug-likeness (QED) is 0.0425. The lowest BCUT2D eigenvalue weighted by Crippen LogP contribution is -2.65. The van der Waals surface area contributed by atoms with E-state index in [-0.39, 0.29) is 114 Å². The second-order valence-corrected chi connectivity index (χ2v) is 36.2. The van der Waals surface area contributed by atoms with E-state index in [0.717, 1.165) is 17.3 Å². The van der Waals surface area contributed by atoms with E-state index >= 15 is 0 Å². The number of ether oxygens (including phenoxy) is 2. The topological polar surface area (TPSA) is 610 Å².